The van der Waals surface area contributed by atoms with E-state index in [9.17, 15) is 0 Å². The number of aryl methyl sites for hydroxylation is 2. The molecule has 0 bridgehead atoms. The molecule has 0 saturated heterocycles. The highest BCUT2D eigenvalue weighted by atomic mass is 32.2. The summed E-state index contributed by atoms with van der Waals surface area (Å²) >= 11 is 4.72. The van der Waals surface area contributed by atoms with Gasteiger partial charge in [-0.05, 0) is 35.8 Å². The molecule has 3 aromatic rings. The number of anilines is 1. The highest BCUT2D eigenvalue weighted by Crippen LogP contribution is 2.36. The Kier molecular flexibility index (Phi) is 4.37. The molecule has 8 heteroatoms. The number of nitrogens with zero attached hydrogens (tertiary/aromatic N) is 4. The Bertz CT molecular complexity index is 764. The van der Waals surface area contributed by atoms with Crippen LogP contribution in [-0.4, -0.2) is 26.4 Å². The number of hydrogen-bond donors (Lipinski definition) is 1. The third-order valence-corrected chi connectivity index (χ3v) is 5.90. The van der Waals surface area contributed by atoms with E-state index >= 15 is 0 Å². The van der Waals surface area contributed by atoms with E-state index in [1.54, 1.807) is 23.1 Å². The molecule has 110 valence electrons. The lowest BCUT2D eigenvalue weighted by atomic mass is 10.3. The van der Waals surface area contributed by atoms with Crippen LogP contribution in [0, 0.1) is 0 Å². The van der Waals surface area contributed by atoms with Gasteiger partial charge in [-0.25, -0.2) is 15.0 Å². The molecule has 0 aromatic carbocycles. The van der Waals surface area contributed by atoms with Crippen LogP contribution in [0.15, 0.2) is 15.4 Å². The minimum absolute atomic E-state index is 0.648. The van der Waals surface area contributed by atoms with Crippen molar-refractivity contribution in [3.05, 3.63) is 16.8 Å². The third kappa shape index (κ3) is 3.02. The fourth-order valence-corrected chi connectivity index (χ4v) is 4.56. The topological polar surface area (TPSA) is 63.6 Å². The lowest BCUT2D eigenvalue weighted by Crippen LogP contribution is -1.96. The number of thiophene rings is 1. The smallest absolute Gasteiger partial charge is 0.224 e. The van der Waals surface area contributed by atoms with Gasteiger partial charge in [-0.1, -0.05) is 13.8 Å². The second kappa shape index (κ2) is 6.25. The fraction of sp³-hybridized carbons (Fsp3) is 0.385. The van der Waals surface area contributed by atoms with Crippen LogP contribution in [0.2, 0.25) is 0 Å². The molecule has 0 aliphatic heterocycles. The first-order valence-electron chi connectivity index (χ1n) is 6.72. The van der Waals surface area contributed by atoms with E-state index in [0.29, 0.717) is 5.95 Å². The van der Waals surface area contributed by atoms with E-state index in [-0.39, 0.29) is 0 Å². The van der Waals surface area contributed by atoms with Gasteiger partial charge < -0.3 is 5.32 Å². The molecule has 0 fully saturated rings. The predicted octanol–water partition coefficient (Wildman–Crippen LogP) is 3.86. The van der Waals surface area contributed by atoms with Gasteiger partial charge >= 0.3 is 0 Å². The van der Waals surface area contributed by atoms with Crippen LogP contribution in [0.1, 0.15) is 24.5 Å². The van der Waals surface area contributed by atoms with Crippen LogP contribution in [0.3, 0.4) is 0 Å². The van der Waals surface area contributed by atoms with Crippen molar-refractivity contribution in [3.8, 4) is 0 Å². The Morgan fingerprint density at radius 2 is 2.05 bits per heavy atom. The van der Waals surface area contributed by atoms with E-state index in [0.717, 1.165) is 38.2 Å². The van der Waals surface area contributed by atoms with E-state index < -0.39 is 0 Å². The van der Waals surface area contributed by atoms with Gasteiger partial charge in [-0.2, -0.15) is 4.37 Å². The Labute approximate surface area is 135 Å². The standard InChI is InChI=1S/C13H15N5S3/c1-4-7-6-8-10(19-7)16-12(14-3)17-11(8)20-13-15-9(5-2)18-21-13/h6H,4-5H2,1-3H3,(H,14,16,17). The van der Waals surface area contributed by atoms with E-state index in [4.69, 9.17) is 0 Å². The van der Waals surface area contributed by atoms with Gasteiger partial charge in [-0.15, -0.1) is 11.3 Å². The predicted molar refractivity (Wildman–Crippen MR) is 89.7 cm³/mol. The first-order chi connectivity index (χ1) is 10.2. The molecule has 0 aliphatic rings. The number of aromatic nitrogens is 4. The van der Waals surface area contributed by atoms with Crippen molar-refractivity contribution in [2.24, 2.45) is 0 Å². The molecule has 0 spiro atoms. The zero-order chi connectivity index (χ0) is 14.8. The number of fused-ring (bicyclic) bond motifs is 1. The van der Waals surface area contributed by atoms with Gasteiger partial charge in [0.25, 0.3) is 0 Å². The largest absolute Gasteiger partial charge is 0.357 e. The molecule has 0 saturated carbocycles. The lowest BCUT2D eigenvalue weighted by Gasteiger charge is -2.02. The summed E-state index contributed by atoms with van der Waals surface area (Å²) in [5, 5.41) is 5.08. The summed E-state index contributed by atoms with van der Waals surface area (Å²) in [5.41, 5.74) is 0. The molecule has 1 N–H and O–H groups in total. The third-order valence-electron chi connectivity index (χ3n) is 2.93. The zero-order valence-corrected chi connectivity index (χ0v) is 14.5. The SMILES string of the molecule is CCc1nsc(Sc2nc(NC)nc3sc(CC)cc23)n1. The van der Waals surface area contributed by atoms with Crippen molar-refractivity contribution < 1.29 is 0 Å². The fourth-order valence-electron chi connectivity index (χ4n) is 1.81. The molecule has 5 nitrogen and oxygen atoms in total. The van der Waals surface area contributed by atoms with Gasteiger partial charge in [0.05, 0.1) is 0 Å². The van der Waals surface area contributed by atoms with E-state index in [1.165, 1.54) is 16.4 Å². The second-order valence-electron chi connectivity index (χ2n) is 4.32. The van der Waals surface area contributed by atoms with Crippen molar-refractivity contribution in [3.63, 3.8) is 0 Å². The van der Waals surface area contributed by atoms with Crippen LogP contribution < -0.4 is 5.32 Å². The Balaban J connectivity index is 2.04. The molecular weight excluding hydrogens is 322 g/mol. The maximum absolute atomic E-state index is 4.58. The molecule has 21 heavy (non-hydrogen) atoms. The number of rotatable bonds is 5. The summed E-state index contributed by atoms with van der Waals surface area (Å²) < 4.78 is 5.26. The molecule has 0 radical (unpaired) electrons. The summed E-state index contributed by atoms with van der Waals surface area (Å²) in [7, 11) is 1.84. The van der Waals surface area contributed by atoms with Crippen molar-refractivity contribution in [1.82, 2.24) is 19.3 Å². The molecule has 0 atom stereocenters. The van der Waals surface area contributed by atoms with Gasteiger partial charge in [0.2, 0.25) is 5.95 Å². The molecule has 3 rings (SSSR count). The average Bonchev–Trinajstić information content (AvgIpc) is 3.12. The monoisotopic (exact) mass is 337 g/mol. The minimum atomic E-state index is 0.648. The maximum Gasteiger partial charge on any atom is 0.224 e. The van der Waals surface area contributed by atoms with Crippen LogP contribution in [0.4, 0.5) is 5.95 Å². The molecule has 0 unspecified atom stereocenters. The summed E-state index contributed by atoms with van der Waals surface area (Å²) in [6, 6.07) is 2.18. The lowest BCUT2D eigenvalue weighted by molar-refractivity contribution is 0.970. The summed E-state index contributed by atoms with van der Waals surface area (Å²) in [4.78, 5) is 16.0. The minimum Gasteiger partial charge on any atom is -0.357 e. The maximum atomic E-state index is 4.58. The number of hydrogen-bond acceptors (Lipinski definition) is 8. The van der Waals surface area contributed by atoms with Crippen LogP contribution >= 0.6 is 34.6 Å². The summed E-state index contributed by atoms with van der Waals surface area (Å²) in [6.07, 6.45) is 1.87. The second-order valence-corrected chi connectivity index (χ2v) is 7.42. The van der Waals surface area contributed by atoms with E-state index in [2.05, 4.69) is 44.6 Å². The molecule has 0 amide bonds. The van der Waals surface area contributed by atoms with Crippen LogP contribution in [0.25, 0.3) is 10.2 Å². The Hall–Kier alpha value is -1.25. The Morgan fingerprint density at radius 1 is 1.19 bits per heavy atom. The van der Waals surface area contributed by atoms with Crippen molar-refractivity contribution in [2.45, 2.75) is 36.1 Å². The first kappa shape index (κ1) is 14.7. The molecular formula is C13H15N5S3. The van der Waals surface area contributed by atoms with Gasteiger partial charge in [-0.3, -0.25) is 0 Å². The zero-order valence-electron chi connectivity index (χ0n) is 12.0. The van der Waals surface area contributed by atoms with Crippen molar-refractivity contribution in [2.75, 3.05) is 12.4 Å². The quantitative estimate of drug-likeness (QED) is 0.713. The Morgan fingerprint density at radius 3 is 2.71 bits per heavy atom. The first-order valence-corrected chi connectivity index (χ1v) is 9.12. The average molecular weight is 337 g/mol. The summed E-state index contributed by atoms with van der Waals surface area (Å²) in [6.45, 7) is 4.22. The highest BCUT2D eigenvalue weighted by Gasteiger charge is 2.14. The summed E-state index contributed by atoms with van der Waals surface area (Å²) in [5.74, 6) is 1.54. The molecule has 0 aliphatic carbocycles. The normalized spacial score (nSPS) is 11.2. The van der Waals surface area contributed by atoms with Crippen LogP contribution in [-0.2, 0) is 12.8 Å². The number of nitrogens with one attached hydrogen (secondary N) is 1. The van der Waals surface area contributed by atoms with E-state index in [1.807, 2.05) is 7.05 Å². The van der Waals surface area contributed by atoms with Gasteiger partial charge in [0, 0.05) is 23.7 Å². The molecule has 3 aromatic heterocycles. The van der Waals surface area contributed by atoms with Crippen LogP contribution in [0.5, 0.6) is 0 Å². The molecule has 3 heterocycles. The highest BCUT2D eigenvalue weighted by molar-refractivity contribution is 8.01. The van der Waals surface area contributed by atoms with Crippen molar-refractivity contribution in [1.29, 1.82) is 0 Å². The van der Waals surface area contributed by atoms with Gasteiger partial charge in [0.1, 0.15) is 15.7 Å². The van der Waals surface area contributed by atoms with Gasteiger partial charge in [0.15, 0.2) is 4.34 Å². The van der Waals surface area contributed by atoms with Crippen molar-refractivity contribution >= 4 is 50.8 Å².